The molecule has 3 amide bonds. The van der Waals surface area contributed by atoms with Gasteiger partial charge in [-0.2, -0.15) is 0 Å². The summed E-state index contributed by atoms with van der Waals surface area (Å²) in [5, 5.41) is 13.1. The number of urea groups is 1. The number of amides is 3. The predicted molar refractivity (Wildman–Crippen MR) is 82.3 cm³/mol. The van der Waals surface area contributed by atoms with E-state index in [1.54, 1.807) is 32.8 Å². The molecule has 0 bridgehead atoms. The van der Waals surface area contributed by atoms with Gasteiger partial charge in [-0.3, -0.25) is 9.80 Å². The molecule has 0 aliphatic carbocycles. The van der Waals surface area contributed by atoms with Crippen LogP contribution in [-0.2, 0) is 9.53 Å². The molecule has 0 radical (unpaired) electrons. The van der Waals surface area contributed by atoms with Gasteiger partial charge in [-0.15, -0.1) is 0 Å². The van der Waals surface area contributed by atoms with Crippen molar-refractivity contribution in [2.45, 2.75) is 45.6 Å². The lowest BCUT2D eigenvalue weighted by Gasteiger charge is -2.38. The molecule has 1 rings (SSSR count). The Labute approximate surface area is 136 Å². The minimum absolute atomic E-state index is 0.141. The average molecular weight is 330 g/mol. The zero-order valence-corrected chi connectivity index (χ0v) is 14.2. The van der Waals surface area contributed by atoms with Gasteiger partial charge in [0.2, 0.25) is 0 Å². The molecule has 1 aliphatic heterocycles. The first-order chi connectivity index (χ1) is 10.6. The Morgan fingerprint density at radius 2 is 1.83 bits per heavy atom. The summed E-state index contributed by atoms with van der Waals surface area (Å²) >= 11 is 0. The van der Waals surface area contributed by atoms with Gasteiger partial charge in [-0.05, 0) is 33.6 Å². The van der Waals surface area contributed by atoms with Crippen molar-refractivity contribution in [2.24, 2.45) is 0 Å². The molecule has 1 aliphatic rings. The van der Waals surface area contributed by atoms with Crippen molar-refractivity contribution in [3.8, 4) is 0 Å². The fourth-order valence-electron chi connectivity index (χ4n) is 2.09. The van der Waals surface area contributed by atoms with Gasteiger partial charge >= 0.3 is 18.1 Å². The van der Waals surface area contributed by atoms with Crippen molar-refractivity contribution in [1.82, 2.24) is 20.5 Å². The smallest absolute Gasteiger partial charge is 0.426 e. The van der Waals surface area contributed by atoms with Gasteiger partial charge in [0.25, 0.3) is 0 Å². The minimum Gasteiger partial charge on any atom is -0.481 e. The number of nitrogens with one attached hydrogen (secondary N) is 1. The molecular weight excluding hydrogens is 304 g/mol. The summed E-state index contributed by atoms with van der Waals surface area (Å²) in [5.41, 5.74) is 1.62. The second kappa shape index (κ2) is 8.00. The van der Waals surface area contributed by atoms with E-state index in [4.69, 9.17) is 9.84 Å². The van der Waals surface area contributed by atoms with Gasteiger partial charge in [-0.25, -0.2) is 25.0 Å². The molecule has 0 spiro atoms. The Hall–Kier alpha value is -2.03. The number of ether oxygens (including phenoxy) is 1. The van der Waals surface area contributed by atoms with Crippen molar-refractivity contribution >= 4 is 18.1 Å². The number of carboxylic acids is 1. The lowest BCUT2D eigenvalue weighted by molar-refractivity contribution is -0.137. The number of nitrogens with zero attached hydrogens (tertiary/aromatic N) is 3. The Morgan fingerprint density at radius 1 is 1.22 bits per heavy atom. The molecule has 9 nitrogen and oxygen atoms in total. The maximum atomic E-state index is 12.6. The molecule has 0 aromatic heterocycles. The fourth-order valence-corrected chi connectivity index (χ4v) is 2.09. The van der Waals surface area contributed by atoms with Gasteiger partial charge in [-0.1, -0.05) is 0 Å². The van der Waals surface area contributed by atoms with Crippen molar-refractivity contribution in [2.75, 3.05) is 26.7 Å². The third-order valence-electron chi connectivity index (χ3n) is 3.14. The second-order valence-electron chi connectivity index (χ2n) is 6.40. The summed E-state index contributed by atoms with van der Waals surface area (Å²) in [5.74, 6) is -1.05. The van der Waals surface area contributed by atoms with E-state index < -0.39 is 23.7 Å². The van der Waals surface area contributed by atoms with Crippen LogP contribution in [0.1, 0.15) is 40.0 Å². The van der Waals surface area contributed by atoms with Crippen LogP contribution in [0.2, 0.25) is 0 Å². The number of hydrogen-bond acceptors (Lipinski definition) is 5. The molecule has 0 aromatic carbocycles. The van der Waals surface area contributed by atoms with Crippen molar-refractivity contribution < 1.29 is 24.2 Å². The predicted octanol–water partition coefficient (Wildman–Crippen LogP) is 1.27. The van der Waals surface area contributed by atoms with E-state index in [9.17, 15) is 14.4 Å². The van der Waals surface area contributed by atoms with Crippen molar-refractivity contribution in [3.63, 3.8) is 0 Å². The van der Waals surface area contributed by atoms with Crippen LogP contribution in [0, 0.1) is 0 Å². The second-order valence-corrected chi connectivity index (χ2v) is 6.40. The Morgan fingerprint density at radius 3 is 2.35 bits per heavy atom. The first-order valence-electron chi connectivity index (χ1n) is 7.61. The van der Waals surface area contributed by atoms with E-state index in [0.717, 1.165) is 24.4 Å². The summed E-state index contributed by atoms with van der Waals surface area (Å²) in [6, 6.07) is -0.473. The van der Waals surface area contributed by atoms with E-state index >= 15 is 0 Å². The molecule has 9 heteroatoms. The number of aliphatic carboxylic acids is 1. The highest BCUT2D eigenvalue weighted by atomic mass is 16.6. The number of hydrogen-bond donors (Lipinski definition) is 2. The molecule has 132 valence electrons. The summed E-state index contributed by atoms with van der Waals surface area (Å²) in [4.78, 5) is 35.2. The van der Waals surface area contributed by atoms with E-state index in [1.165, 1.54) is 5.01 Å². The molecule has 1 saturated heterocycles. The largest absolute Gasteiger partial charge is 0.481 e. The lowest BCUT2D eigenvalue weighted by Crippen LogP contribution is -2.58. The average Bonchev–Trinajstić information content (AvgIpc) is 2.41. The van der Waals surface area contributed by atoms with Gasteiger partial charge < -0.3 is 9.84 Å². The molecule has 2 N–H and O–H groups in total. The van der Waals surface area contributed by atoms with Crippen LogP contribution < -0.4 is 5.43 Å². The number of carbonyl (C=O) groups is 3. The van der Waals surface area contributed by atoms with E-state index in [1.807, 2.05) is 0 Å². The third kappa shape index (κ3) is 6.72. The topological polar surface area (TPSA) is 102 Å². The number of hydrazine groups is 2. The Balaban J connectivity index is 2.75. The lowest BCUT2D eigenvalue weighted by atomic mass is 10.2. The quantitative estimate of drug-likeness (QED) is 0.755. The van der Waals surface area contributed by atoms with Gasteiger partial charge in [0.05, 0.1) is 13.0 Å². The van der Waals surface area contributed by atoms with Crippen LogP contribution in [0.15, 0.2) is 0 Å². The standard InChI is InChI=1S/C14H26N4O5/c1-14(2,3)23-12(21)15-17(10-7-11(19)20)13(22)18-9-6-5-8-16(18)4/h5-10H2,1-4H3,(H,15,21)(H,19,20). The highest BCUT2D eigenvalue weighted by Gasteiger charge is 2.29. The molecule has 23 heavy (non-hydrogen) atoms. The third-order valence-corrected chi connectivity index (χ3v) is 3.14. The van der Waals surface area contributed by atoms with Crippen molar-refractivity contribution in [3.05, 3.63) is 0 Å². The normalized spacial score (nSPS) is 15.9. The van der Waals surface area contributed by atoms with E-state index in [2.05, 4.69) is 5.43 Å². The van der Waals surface area contributed by atoms with E-state index in [-0.39, 0.29) is 13.0 Å². The van der Waals surface area contributed by atoms with E-state index in [0.29, 0.717) is 6.54 Å². The first-order valence-corrected chi connectivity index (χ1v) is 7.61. The van der Waals surface area contributed by atoms with Crippen LogP contribution in [0.5, 0.6) is 0 Å². The molecule has 0 atom stereocenters. The number of rotatable bonds is 3. The van der Waals surface area contributed by atoms with Gasteiger partial charge in [0, 0.05) is 20.1 Å². The maximum Gasteiger partial charge on any atom is 0.426 e. The first kappa shape index (κ1) is 19.0. The van der Waals surface area contributed by atoms with Crippen LogP contribution in [0.3, 0.4) is 0 Å². The molecule has 0 aromatic rings. The number of carboxylic acid groups (broad SMARTS) is 1. The molecular formula is C14H26N4O5. The molecule has 0 unspecified atom stereocenters. The summed E-state index contributed by atoms with van der Waals surface area (Å²) in [6.45, 7) is 6.22. The number of carbonyl (C=O) groups excluding carboxylic acids is 2. The Kier molecular flexibility index (Phi) is 6.62. The van der Waals surface area contributed by atoms with Crippen molar-refractivity contribution in [1.29, 1.82) is 0 Å². The van der Waals surface area contributed by atoms with Crippen LogP contribution in [0.25, 0.3) is 0 Å². The summed E-state index contributed by atoms with van der Waals surface area (Å²) in [7, 11) is 1.78. The Bertz CT molecular complexity index is 449. The SMILES string of the molecule is CN1CCCCN1C(=O)N(CCC(=O)O)NC(=O)OC(C)(C)C. The maximum absolute atomic E-state index is 12.6. The van der Waals surface area contributed by atoms with Crippen LogP contribution >= 0.6 is 0 Å². The molecule has 0 saturated carbocycles. The molecule has 1 heterocycles. The minimum atomic E-state index is -1.05. The summed E-state index contributed by atoms with van der Waals surface area (Å²) in [6.07, 6.45) is 0.763. The zero-order valence-electron chi connectivity index (χ0n) is 14.2. The van der Waals surface area contributed by atoms with Gasteiger partial charge in [0.1, 0.15) is 5.60 Å². The highest BCUT2D eigenvalue weighted by Crippen LogP contribution is 2.12. The van der Waals surface area contributed by atoms with Crippen LogP contribution in [-0.4, -0.2) is 70.5 Å². The fraction of sp³-hybridized carbons (Fsp3) is 0.786. The van der Waals surface area contributed by atoms with Gasteiger partial charge in [0.15, 0.2) is 0 Å². The zero-order chi connectivity index (χ0) is 17.6. The highest BCUT2D eigenvalue weighted by molar-refractivity contribution is 5.78. The summed E-state index contributed by atoms with van der Waals surface area (Å²) < 4.78 is 5.12. The monoisotopic (exact) mass is 330 g/mol. The van der Waals surface area contributed by atoms with Crippen LogP contribution in [0.4, 0.5) is 9.59 Å². The molecule has 1 fully saturated rings.